The highest BCUT2D eigenvalue weighted by Gasteiger charge is 2.24. The molecule has 0 N–H and O–H groups in total. The third kappa shape index (κ3) is 3.97. The van der Waals surface area contributed by atoms with Crippen LogP contribution >= 0.6 is 11.6 Å². The lowest BCUT2D eigenvalue weighted by molar-refractivity contribution is 0.0745. The van der Waals surface area contributed by atoms with Crippen LogP contribution < -0.4 is 0 Å². The molecule has 1 aliphatic heterocycles. The normalized spacial score (nSPS) is 17.4. The number of hydrogen-bond acceptors (Lipinski definition) is 3. The molecular weight excluding hydrogens is 344 g/mol. The maximum atomic E-state index is 13.6. The Balaban J connectivity index is 2.00. The van der Waals surface area contributed by atoms with Gasteiger partial charge >= 0.3 is 0 Å². The van der Waals surface area contributed by atoms with Gasteiger partial charge in [0.1, 0.15) is 0 Å². The Kier molecular flexibility index (Phi) is 5.54. The highest BCUT2D eigenvalue weighted by molar-refractivity contribution is 7.91. The van der Waals surface area contributed by atoms with Crippen molar-refractivity contribution in [3.05, 3.63) is 65.2 Å². The van der Waals surface area contributed by atoms with Crippen LogP contribution in [0.2, 0.25) is 5.02 Å². The number of hydrogen-bond donors (Lipinski definition) is 0. The summed E-state index contributed by atoms with van der Waals surface area (Å²) in [5.41, 5.74) is 0.739. The first-order valence-corrected chi connectivity index (χ1v) is 9.44. The average molecular weight is 361 g/mol. The zero-order valence-electron chi connectivity index (χ0n) is 13.0. The smallest absolute Gasteiger partial charge is 0.152 e. The summed E-state index contributed by atoms with van der Waals surface area (Å²) in [6, 6.07) is 19.2. The molecule has 0 spiro atoms. The molecule has 2 aromatic carbocycles. The summed E-state index contributed by atoms with van der Waals surface area (Å²) in [4.78, 5) is 0.660. The van der Waals surface area contributed by atoms with E-state index in [0.717, 1.165) is 5.56 Å². The number of morpholine rings is 1. The van der Waals surface area contributed by atoms with E-state index < -0.39 is 9.92 Å². The van der Waals surface area contributed by atoms with Gasteiger partial charge in [-0.2, -0.15) is 0 Å². The van der Waals surface area contributed by atoms with Crippen LogP contribution in [-0.4, -0.2) is 34.8 Å². The minimum absolute atomic E-state index is 0.543. The van der Waals surface area contributed by atoms with Crippen molar-refractivity contribution in [1.29, 1.82) is 0 Å². The molecule has 24 heavy (non-hydrogen) atoms. The van der Waals surface area contributed by atoms with Gasteiger partial charge in [0.15, 0.2) is 9.92 Å². The molecule has 0 radical (unpaired) electrons. The highest BCUT2D eigenvalue weighted by atomic mass is 35.5. The molecule has 1 aliphatic rings. The van der Waals surface area contributed by atoms with Crippen molar-refractivity contribution in [2.24, 2.45) is 4.36 Å². The molecule has 1 unspecified atom stereocenters. The van der Waals surface area contributed by atoms with E-state index in [9.17, 15) is 4.21 Å². The zero-order valence-corrected chi connectivity index (χ0v) is 14.6. The third-order valence-electron chi connectivity index (χ3n) is 3.56. The molecule has 0 amide bonds. The van der Waals surface area contributed by atoms with E-state index >= 15 is 0 Å². The Morgan fingerprint density at radius 2 is 1.83 bits per heavy atom. The van der Waals surface area contributed by atoms with Crippen molar-refractivity contribution >= 4 is 21.5 Å². The Morgan fingerprint density at radius 3 is 2.54 bits per heavy atom. The predicted molar refractivity (Wildman–Crippen MR) is 96.0 cm³/mol. The second kappa shape index (κ2) is 7.82. The van der Waals surface area contributed by atoms with Crippen molar-refractivity contribution in [2.75, 3.05) is 26.3 Å². The van der Waals surface area contributed by atoms with E-state index in [4.69, 9.17) is 16.3 Å². The van der Waals surface area contributed by atoms with Gasteiger partial charge in [-0.05, 0) is 36.3 Å². The molecule has 1 saturated heterocycles. The van der Waals surface area contributed by atoms with Crippen LogP contribution in [-0.2, 0) is 14.7 Å². The molecule has 3 rings (SSSR count). The summed E-state index contributed by atoms with van der Waals surface area (Å²) in [5.74, 6) is 2.91. The topological polar surface area (TPSA) is 41.9 Å². The highest BCUT2D eigenvalue weighted by Crippen LogP contribution is 2.19. The standard InChI is InChI=1S/C18H17ClN2O2S/c19-17-6-4-5-16(15-17)9-10-20-24(22,18-7-2-1-3-8-18)21-11-13-23-14-12-21/h1-8,15H,11-14H2. The number of rotatable bonds is 2. The lowest BCUT2D eigenvalue weighted by atomic mass is 10.2. The molecule has 1 atom stereocenters. The summed E-state index contributed by atoms with van der Waals surface area (Å²) in [5, 5.41) is 0.610. The molecule has 0 aromatic heterocycles. The maximum Gasteiger partial charge on any atom is 0.152 e. The van der Waals surface area contributed by atoms with Gasteiger partial charge < -0.3 is 4.74 Å². The maximum absolute atomic E-state index is 13.6. The van der Waals surface area contributed by atoms with Crippen molar-refractivity contribution in [1.82, 2.24) is 4.31 Å². The average Bonchev–Trinajstić information content (AvgIpc) is 2.63. The number of nitrogens with zero attached hydrogens (tertiary/aromatic N) is 2. The van der Waals surface area contributed by atoms with Gasteiger partial charge in [-0.25, -0.2) is 8.51 Å². The largest absolute Gasteiger partial charge is 0.379 e. The molecule has 124 valence electrons. The van der Waals surface area contributed by atoms with Crippen LogP contribution in [0, 0.1) is 12.0 Å². The fraction of sp³-hybridized carbons (Fsp3) is 0.222. The van der Waals surface area contributed by atoms with Crippen molar-refractivity contribution in [3.63, 3.8) is 0 Å². The first-order chi connectivity index (χ1) is 11.7. The number of ether oxygens (including phenoxy) is 1. The number of benzene rings is 2. The molecular formula is C18H17ClN2O2S. The monoisotopic (exact) mass is 360 g/mol. The van der Waals surface area contributed by atoms with Crippen LogP contribution in [0.5, 0.6) is 0 Å². The summed E-state index contributed by atoms with van der Waals surface area (Å²) in [6.45, 7) is 2.22. The van der Waals surface area contributed by atoms with Gasteiger partial charge in [0, 0.05) is 23.7 Å². The SMILES string of the molecule is O=S(=NC#Cc1cccc(Cl)c1)(c1ccccc1)N1CCOCC1. The van der Waals surface area contributed by atoms with E-state index in [0.29, 0.717) is 36.2 Å². The summed E-state index contributed by atoms with van der Waals surface area (Å²) >= 11 is 5.95. The van der Waals surface area contributed by atoms with E-state index in [-0.39, 0.29) is 0 Å². The van der Waals surface area contributed by atoms with Gasteiger partial charge in [0.2, 0.25) is 0 Å². The second-order valence-corrected chi connectivity index (χ2v) is 7.79. The fourth-order valence-corrected chi connectivity index (χ4v) is 4.40. The van der Waals surface area contributed by atoms with Gasteiger partial charge in [-0.1, -0.05) is 35.9 Å². The van der Waals surface area contributed by atoms with Crippen molar-refractivity contribution in [3.8, 4) is 12.0 Å². The van der Waals surface area contributed by atoms with Gasteiger partial charge in [0.05, 0.1) is 24.2 Å². The molecule has 4 nitrogen and oxygen atoms in total. The molecule has 1 fully saturated rings. The summed E-state index contributed by atoms with van der Waals surface area (Å²) in [6.07, 6.45) is 0. The minimum Gasteiger partial charge on any atom is -0.379 e. The van der Waals surface area contributed by atoms with Crippen LogP contribution in [0.15, 0.2) is 63.9 Å². The first-order valence-electron chi connectivity index (χ1n) is 7.59. The Hall–Kier alpha value is -1.84. The van der Waals surface area contributed by atoms with Gasteiger partial charge in [0.25, 0.3) is 0 Å². The zero-order chi connectivity index (χ0) is 16.8. The van der Waals surface area contributed by atoms with E-state index in [1.807, 2.05) is 46.8 Å². The first kappa shape index (κ1) is 17.0. The summed E-state index contributed by atoms with van der Waals surface area (Å²) < 4.78 is 25.0. The van der Waals surface area contributed by atoms with E-state index in [1.165, 1.54) is 0 Å². The van der Waals surface area contributed by atoms with Crippen LogP contribution in [0.4, 0.5) is 0 Å². The molecule has 0 saturated carbocycles. The number of halogens is 1. The quantitative estimate of drug-likeness (QED) is 0.770. The molecule has 1 heterocycles. The summed E-state index contributed by atoms with van der Waals surface area (Å²) in [7, 11) is -2.78. The van der Waals surface area contributed by atoms with Crippen molar-refractivity contribution in [2.45, 2.75) is 4.90 Å². The van der Waals surface area contributed by atoms with Gasteiger partial charge in [-0.3, -0.25) is 0 Å². The fourth-order valence-electron chi connectivity index (χ4n) is 2.37. The van der Waals surface area contributed by atoms with E-state index in [1.54, 1.807) is 12.1 Å². The lowest BCUT2D eigenvalue weighted by Crippen LogP contribution is -2.40. The molecule has 0 bridgehead atoms. The Labute approximate surface area is 147 Å². The van der Waals surface area contributed by atoms with Crippen LogP contribution in [0.3, 0.4) is 0 Å². The van der Waals surface area contributed by atoms with Crippen LogP contribution in [0.25, 0.3) is 0 Å². The molecule has 6 heteroatoms. The Bertz CT molecular complexity index is 875. The molecule has 0 aliphatic carbocycles. The van der Waals surface area contributed by atoms with Crippen molar-refractivity contribution < 1.29 is 8.95 Å². The third-order valence-corrected chi connectivity index (χ3v) is 6.09. The van der Waals surface area contributed by atoms with Gasteiger partial charge in [-0.15, -0.1) is 4.36 Å². The second-order valence-electron chi connectivity index (χ2n) is 5.19. The Morgan fingerprint density at radius 1 is 1.08 bits per heavy atom. The predicted octanol–water partition coefficient (Wildman–Crippen LogP) is 3.42. The van der Waals surface area contributed by atoms with E-state index in [2.05, 4.69) is 16.3 Å². The lowest BCUT2D eigenvalue weighted by Gasteiger charge is -2.28. The minimum atomic E-state index is -2.78. The van der Waals surface area contributed by atoms with Crippen LogP contribution in [0.1, 0.15) is 5.56 Å². The molecule has 2 aromatic rings.